The van der Waals surface area contributed by atoms with Gasteiger partial charge in [-0.3, -0.25) is 9.59 Å². The number of rotatable bonds is 10. The maximum absolute atomic E-state index is 14.1. The Morgan fingerprint density at radius 2 is 1.69 bits per heavy atom. The van der Waals surface area contributed by atoms with E-state index in [2.05, 4.69) is 30.5 Å². The lowest BCUT2D eigenvalue weighted by Crippen LogP contribution is -2.55. The van der Waals surface area contributed by atoms with Gasteiger partial charge in [0.2, 0.25) is 11.8 Å². The SMILES string of the molecule is CCCCNC(=O)C(c1cc(C)cc(C)c1)N(C(=O)C(NC(=O)OC(C)(C)C)C(C)C)C1CC1C. The summed E-state index contributed by atoms with van der Waals surface area (Å²) in [5.41, 5.74) is 2.19. The molecule has 0 spiro atoms. The van der Waals surface area contributed by atoms with Crippen molar-refractivity contribution in [3.63, 3.8) is 0 Å². The number of alkyl carbamates (subject to hydrolysis) is 1. The minimum Gasteiger partial charge on any atom is -0.444 e. The van der Waals surface area contributed by atoms with E-state index in [-0.39, 0.29) is 29.7 Å². The highest BCUT2D eigenvalue weighted by atomic mass is 16.6. The van der Waals surface area contributed by atoms with Crippen molar-refractivity contribution in [2.24, 2.45) is 11.8 Å². The van der Waals surface area contributed by atoms with Crippen LogP contribution in [0.2, 0.25) is 0 Å². The van der Waals surface area contributed by atoms with Crippen LogP contribution in [-0.2, 0) is 14.3 Å². The number of nitrogens with one attached hydrogen (secondary N) is 2. The largest absolute Gasteiger partial charge is 0.444 e. The van der Waals surface area contributed by atoms with Crippen LogP contribution < -0.4 is 10.6 Å². The van der Waals surface area contributed by atoms with E-state index in [0.717, 1.165) is 36.0 Å². The first-order valence-corrected chi connectivity index (χ1v) is 12.9. The van der Waals surface area contributed by atoms with E-state index in [9.17, 15) is 14.4 Å². The summed E-state index contributed by atoms with van der Waals surface area (Å²) >= 11 is 0. The van der Waals surface area contributed by atoms with E-state index < -0.39 is 23.8 Å². The summed E-state index contributed by atoms with van der Waals surface area (Å²) in [7, 11) is 0. The molecule has 1 aromatic carbocycles. The zero-order valence-corrected chi connectivity index (χ0v) is 23.0. The number of ether oxygens (including phenoxy) is 1. The summed E-state index contributed by atoms with van der Waals surface area (Å²) in [6, 6.07) is 4.38. The van der Waals surface area contributed by atoms with E-state index in [1.807, 2.05) is 39.8 Å². The molecule has 0 aromatic heterocycles. The molecule has 0 radical (unpaired) electrons. The number of carbonyl (C=O) groups is 3. The Hall–Kier alpha value is -2.57. The molecule has 196 valence electrons. The average Bonchev–Trinajstić information content (AvgIpc) is 3.43. The molecule has 0 heterocycles. The third kappa shape index (κ3) is 8.25. The summed E-state index contributed by atoms with van der Waals surface area (Å²) in [6.07, 6.45) is 2.02. The summed E-state index contributed by atoms with van der Waals surface area (Å²) in [6.45, 7) is 17.8. The van der Waals surface area contributed by atoms with Gasteiger partial charge in [0.15, 0.2) is 0 Å². The normalized spacial score (nSPS) is 19.0. The monoisotopic (exact) mass is 487 g/mol. The third-order valence-electron chi connectivity index (χ3n) is 6.20. The highest BCUT2D eigenvalue weighted by Gasteiger charge is 2.48. The van der Waals surface area contributed by atoms with Crippen LogP contribution >= 0.6 is 0 Å². The molecule has 3 amide bonds. The van der Waals surface area contributed by atoms with Crippen LogP contribution in [0, 0.1) is 25.7 Å². The van der Waals surface area contributed by atoms with Crippen molar-refractivity contribution in [2.45, 2.75) is 105 Å². The Kier molecular flexibility index (Phi) is 9.76. The number of hydrogen-bond donors (Lipinski definition) is 2. The molecular formula is C28H45N3O4. The van der Waals surface area contributed by atoms with Gasteiger partial charge < -0.3 is 20.3 Å². The molecule has 0 aliphatic heterocycles. The van der Waals surface area contributed by atoms with Crippen molar-refractivity contribution in [3.8, 4) is 0 Å². The first kappa shape index (κ1) is 28.7. The fourth-order valence-corrected chi connectivity index (χ4v) is 4.37. The highest BCUT2D eigenvalue weighted by molar-refractivity contribution is 5.92. The summed E-state index contributed by atoms with van der Waals surface area (Å²) in [5.74, 6) is -0.342. The maximum atomic E-state index is 14.1. The van der Waals surface area contributed by atoms with Crippen LogP contribution in [0.4, 0.5) is 4.79 Å². The lowest BCUT2D eigenvalue weighted by atomic mass is 9.96. The van der Waals surface area contributed by atoms with E-state index in [4.69, 9.17) is 4.74 Å². The Morgan fingerprint density at radius 3 is 2.14 bits per heavy atom. The van der Waals surface area contributed by atoms with Crippen LogP contribution in [0.1, 0.15) is 90.5 Å². The summed E-state index contributed by atoms with van der Waals surface area (Å²) in [5, 5.41) is 5.84. The van der Waals surface area contributed by atoms with E-state index in [1.54, 1.807) is 25.7 Å². The molecular weight excluding hydrogens is 442 g/mol. The Balaban J connectivity index is 2.48. The molecule has 1 aliphatic rings. The molecule has 1 fully saturated rings. The fraction of sp³-hybridized carbons (Fsp3) is 0.679. The van der Waals surface area contributed by atoms with Gasteiger partial charge in [0, 0.05) is 12.6 Å². The number of carbonyl (C=O) groups excluding carboxylic acids is 3. The molecule has 4 atom stereocenters. The van der Waals surface area contributed by atoms with Gasteiger partial charge in [0.1, 0.15) is 17.7 Å². The molecule has 1 saturated carbocycles. The van der Waals surface area contributed by atoms with Crippen LogP contribution in [0.3, 0.4) is 0 Å². The van der Waals surface area contributed by atoms with Gasteiger partial charge in [-0.25, -0.2) is 4.79 Å². The van der Waals surface area contributed by atoms with E-state index >= 15 is 0 Å². The van der Waals surface area contributed by atoms with Crippen molar-refractivity contribution >= 4 is 17.9 Å². The first-order chi connectivity index (χ1) is 16.2. The van der Waals surface area contributed by atoms with Crippen molar-refractivity contribution in [1.82, 2.24) is 15.5 Å². The number of aryl methyl sites for hydroxylation is 2. The van der Waals surface area contributed by atoms with Crippen LogP contribution in [0.25, 0.3) is 0 Å². The second-order valence-electron chi connectivity index (χ2n) is 11.4. The minimum atomic E-state index is -0.811. The quantitative estimate of drug-likeness (QED) is 0.452. The van der Waals surface area contributed by atoms with Gasteiger partial charge in [-0.2, -0.15) is 0 Å². The number of unbranched alkanes of at least 4 members (excludes halogenated alkanes) is 1. The second kappa shape index (κ2) is 11.9. The van der Waals surface area contributed by atoms with Gasteiger partial charge >= 0.3 is 6.09 Å². The predicted octanol–water partition coefficient (Wildman–Crippen LogP) is 5.05. The molecule has 2 N–H and O–H groups in total. The molecule has 1 aromatic rings. The molecule has 0 bridgehead atoms. The van der Waals surface area contributed by atoms with Gasteiger partial charge in [-0.05, 0) is 64.9 Å². The lowest BCUT2D eigenvalue weighted by molar-refractivity contribution is -0.144. The third-order valence-corrected chi connectivity index (χ3v) is 6.20. The van der Waals surface area contributed by atoms with Crippen LogP contribution in [0.15, 0.2) is 18.2 Å². The number of hydrogen-bond acceptors (Lipinski definition) is 4. The Bertz CT molecular complexity index is 886. The molecule has 0 saturated heterocycles. The number of benzene rings is 1. The zero-order valence-electron chi connectivity index (χ0n) is 23.0. The molecule has 1 aliphatic carbocycles. The van der Waals surface area contributed by atoms with E-state index in [0.29, 0.717) is 6.54 Å². The molecule has 7 heteroatoms. The zero-order chi connectivity index (χ0) is 26.5. The Morgan fingerprint density at radius 1 is 1.11 bits per heavy atom. The minimum absolute atomic E-state index is 0.0630. The van der Waals surface area contributed by atoms with E-state index in [1.165, 1.54) is 0 Å². The maximum Gasteiger partial charge on any atom is 0.408 e. The summed E-state index contributed by atoms with van der Waals surface area (Å²) < 4.78 is 5.43. The predicted molar refractivity (Wildman–Crippen MR) is 139 cm³/mol. The smallest absolute Gasteiger partial charge is 0.408 e. The fourth-order valence-electron chi connectivity index (χ4n) is 4.37. The van der Waals surface area contributed by atoms with Gasteiger partial charge in [-0.15, -0.1) is 0 Å². The summed E-state index contributed by atoms with van der Waals surface area (Å²) in [4.78, 5) is 42.0. The standard InChI is InChI=1S/C28H45N3O4/c1-10-11-12-29-25(32)24(21-14-18(4)13-19(5)15-21)31(22-16-20(22)6)26(33)23(17(2)3)30-27(34)35-28(7,8)9/h13-15,17,20,22-24H,10-12,16H2,1-9H3,(H,29,32)(H,30,34). The van der Waals surface area contributed by atoms with Crippen molar-refractivity contribution < 1.29 is 19.1 Å². The van der Waals surface area contributed by atoms with Crippen molar-refractivity contribution in [1.29, 1.82) is 0 Å². The number of nitrogens with zero attached hydrogens (tertiary/aromatic N) is 1. The lowest BCUT2D eigenvalue weighted by Gasteiger charge is -2.36. The van der Waals surface area contributed by atoms with Crippen LogP contribution in [-0.4, -0.2) is 47.0 Å². The van der Waals surface area contributed by atoms with Crippen LogP contribution in [0.5, 0.6) is 0 Å². The molecule has 4 unspecified atom stereocenters. The molecule has 35 heavy (non-hydrogen) atoms. The first-order valence-electron chi connectivity index (χ1n) is 12.9. The van der Waals surface area contributed by atoms with Gasteiger partial charge in [0.05, 0.1) is 0 Å². The average molecular weight is 488 g/mol. The number of amides is 3. The highest BCUT2D eigenvalue weighted by Crippen LogP contribution is 2.41. The van der Waals surface area contributed by atoms with Gasteiger partial charge in [-0.1, -0.05) is 63.4 Å². The van der Waals surface area contributed by atoms with Crippen molar-refractivity contribution in [3.05, 3.63) is 34.9 Å². The van der Waals surface area contributed by atoms with Gasteiger partial charge in [0.25, 0.3) is 0 Å². The molecule has 2 rings (SSSR count). The second-order valence-corrected chi connectivity index (χ2v) is 11.4. The topological polar surface area (TPSA) is 87.7 Å². The Labute approximate surface area is 211 Å². The van der Waals surface area contributed by atoms with Crippen molar-refractivity contribution in [2.75, 3.05) is 6.54 Å². The molecule has 7 nitrogen and oxygen atoms in total.